The van der Waals surface area contributed by atoms with E-state index in [1.165, 1.54) is 0 Å². The lowest BCUT2D eigenvalue weighted by atomic mass is 10.0. The van der Waals surface area contributed by atoms with Crippen molar-refractivity contribution < 1.29 is 4.79 Å². The maximum atomic E-state index is 12.2. The van der Waals surface area contributed by atoms with Gasteiger partial charge in [0.1, 0.15) is 5.82 Å². The fourth-order valence-electron chi connectivity index (χ4n) is 3.30. The fraction of sp³-hybridized carbons (Fsp3) is 0.318. The summed E-state index contributed by atoms with van der Waals surface area (Å²) in [6, 6.07) is 11.5. The van der Waals surface area contributed by atoms with Crippen molar-refractivity contribution in [1.29, 1.82) is 0 Å². The Balaban J connectivity index is 1.60. The zero-order chi connectivity index (χ0) is 21.5. The van der Waals surface area contributed by atoms with Gasteiger partial charge >= 0.3 is 0 Å². The number of nitrogens with two attached hydrogens (primary N) is 2. The molecular formula is C22H27ClN6O. The Morgan fingerprint density at radius 2 is 1.73 bits per heavy atom. The fourth-order valence-corrected chi connectivity index (χ4v) is 3.65. The molecule has 1 aromatic heterocycles. The molecule has 0 bridgehead atoms. The van der Waals surface area contributed by atoms with Crippen LogP contribution in [0.4, 0.5) is 11.8 Å². The van der Waals surface area contributed by atoms with Crippen molar-refractivity contribution in [3.8, 4) is 0 Å². The third kappa shape index (κ3) is 5.37. The predicted octanol–water partition coefficient (Wildman–Crippen LogP) is 2.96. The third-order valence-electron chi connectivity index (χ3n) is 4.96. The molecule has 1 amide bonds. The zero-order valence-electron chi connectivity index (χ0n) is 17.0. The SMILES string of the molecule is CNCCCCNC(=O)c1ccc(CCc2ccc3nc(N)nc(N)c3c2Cl)cc1. The van der Waals surface area contributed by atoms with Gasteiger partial charge in [0, 0.05) is 12.1 Å². The minimum atomic E-state index is -0.0432. The van der Waals surface area contributed by atoms with Gasteiger partial charge in [-0.1, -0.05) is 29.8 Å². The van der Waals surface area contributed by atoms with Gasteiger partial charge < -0.3 is 22.1 Å². The summed E-state index contributed by atoms with van der Waals surface area (Å²) in [6.07, 6.45) is 3.51. The van der Waals surface area contributed by atoms with Gasteiger partial charge in [0.15, 0.2) is 0 Å². The number of unbranched alkanes of at least 4 members (excludes halogenated alkanes) is 1. The molecule has 0 saturated heterocycles. The summed E-state index contributed by atoms with van der Waals surface area (Å²) in [7, 11) is 1.92. The molecule has 1 heterocycles. The summed E-state index contributed by atoms with van der Waals surface area (Å²) in [5.74, 6) is 0.370. The number of nitrogens with one attached hydrogen (secondary N) is 2. The zero-order valence-corrected chi connectivity index (χ0v) is 17.8. The van der Waals surface area contributed by atoms with Crippen LogP contribution in [0.25, 0.3) is 10.9 Å². The maximum absolute atomic E-state index is 12.2. The summed E-state index contributed by atoms with van der Waals surface area (Å²) >= 11 is 6.55. The Morgan fingerprint density at radius 3 is 2.47 bits per heavy atom. The lowest BCUT2D eigenvalue weighted by Gasteiger charge is -2.10. The van der Waals surface area contributed by atoms with Crippen molar-refractivity contribution in [3.05, 3.63) is 58.1 Å². The second-order valence-corrected chi connectivity index (χ2v) is 7.54. The van der Waals surface area contributed by atoms with Gasteiger partial charge in [-0.25, -0.2) is 4.98 Å². The molecule has 0 radical (unpaired) electrons. The molecule has 3 rings (SSSR count). The highest BCUT2D eigenvalue weighted by Crippen LogP contribution is 2.31. The minimum Gasteiger partial charge on any atom is -0.383 e. The molecule has 0 aliphatic carbocycles. The van der Waals surface area contributed by atoms with E-state index in [4.69, 9.17) is 23.1 Å². The molecule has 2 aromatic carbocycles. The average molecular weight is 427 g/mol. The molecule has 30 heavy (non-hydrogen) atoms. The topological polar surface area (TPSA) is 119 Å². The van der Waals surface area contributed by atoms with Gasteiger partial charge in [0.25, 0.3) is 5.91 Å². The quantitative estimate of drug-likeness (QED) is 0.390. The lowest BCUT2D eigenvalue weighted by molar-refractivity contribution is 0.0953. The number of nitrogen functional groups attached to an aromatic ring is 2. The van der Waals surface area contributed by atoms with Crippen molar-refractivity contribution in [3.63, 3.8) is 0 Å². The molecule has 6 N–H and O–H groups in total. The molecule has 0 fully saturated rings. The van der Waals surface area contributed by atoms with Crippen LogP contribution in [0, 0.1) is 0 Å². The normalized spacial score (nSPS) is 11.0. The lowest BCUT2D eigenvalue weighted by Crippen LogP contribution is -2.25. The number of hydrogen-bond acceptors (Lipinski definition) is 6. The van der Waals surface area contributed by atoms with Crippen molar-refractivity contribution in [1.82, 2.24) is 20.6 Å². The van der Waals surface area contributed by atoms with E-state index in [1.807, 2.05) is 43.4 Å². The second kappa shape index (κ2) is 10.2. The van der Waals surface area contributed by atoms with Gasteiger partial charge in [0.05, 0.1) is 15.9 Å². The number of amides is 1. The van der Waals surface area contributed by atoms with Crippen LogP contribution >= 0.6 is 11.6 Å². The molecule has 7 nitrogen and oxygen atoms in total. The van der Waals surface area contributed by atoms with E-state index < -0.39 is 0 Å². The first-order valence-electron chi connectivity index (χ1n) is 10.0. The first kappa shape index (κ1) is 21.8. The summed E-state index contributed by atoms with van der Waals surface area (Å²) < 4.78 is 0. The van der Waals surface area contributed by atoms with Gasteiger partial charge in [-0.05, 0) is 68.6 Å². The van der Waals surface area contributed by atoms with Crippen LogP contribution in [0.1, 0.15) is 34.3 Å². The number of fused-ring (bicyclic) bond motifs is 1. The Morgan fingerprint density at radius 1 is 1.00 bits per heavy atom. The number of benzene rings is 2. The van der Waals surface area contributed by atoms with Crippen molar-refractivity contribution in [2.45, 2.75) is 25.7 Å². The molecule has 0 aliphatic heterocycles. The number of anilines is 2. The predicted molar refractivity (Wildman–Crippen MR) is 123 cm³/mol. The Hall–Kier alpha value is -2.90. The summed E-state index contributed by atoms with van der Waals surface area (Å²) in [5, 5.41) is 7.23. The van der Waals surface area contributed by atoms with Crippen LogP contribution in [0.5, 0.6) is 0 Å². The van der Waals surface area contributed by atoms with Crippen molar-refractivity contribution in [2.75, 3.05) is 31.6 Å². The molecule has 158 valence electrons. The van der Waals surface area contributed by atoms with Gasteiger partial charge in [-0.15, -0.1) is 0 Å². The van der Waals surface area contributed by atoms with Crippen molar-refractivity contribution >= 4 is 40.2 Å². The summed E-state index contributed by atoms with van der Waals surface area (Å²) in [4.78, 5) is 20.4. The number of aryl methyl sites for hydroxylation is 2. The molecule has 0 spiro atoms. The van der Waals surface area contributed by atoms with E-state index in [1.54, 1.807) is 0 Å². The first-order valence-corrected chi connectivity index (χ1v) is 10.4. The molecule has 0 unspecified atom stereocenters. The number of hydrogen-bond donors (Lipinski definition) is 4. The molecule has 0 atom stereocenters. The summed E-state index contributed by atoms with van der Waals surface area (Å²) in [5.41, 5.74) is 15.0. The molecule has 0 aliphatic rings. The Bertz CT molecular complexity index is 1020. The van der Waals surface area contributed by atoms with E-state index in [-0.39, 0.29) is 17.7 Å². The number of halogens is 1. The molecule has 0 saturated carbocycles. The van der Waals surface area contributed by atoms with Crippen LogP contribution in [-0.4, -0.2) is 36.0 Å². The first-order chi connectivity index (χ1) is 14.5. The monoisotopic (exact) mass is 426 g/mol. The van der Waals surface area contributed by atoms with Gasteiger partial charge in [-0.2, -0.15) is 4.98 Å². The van der Waals surface area contributed by atoms with Gasteiger partial charge in [-0.3, -0.25) is 4.79 Å². The smallest absolute Gasteiger partial charge is 0.251 e. The van der Waals surface area contributed by atoms with E-state index in [0.29, 0.717) is 28.0 Å². The number of carbonyl (C=O) groups is 1. The molecular weight excluding hydrogens is 400 g/mol. The van der Waals surface area contributed by atoms with Crippen LogP contribution in [0.15, 0.2) is 36.4 Å². The highest BCUT2D eigenvalue weighted by molar-refractivity contribution is 6.37. The molecule has 8 heteroatoms. The van der Waals surface area contributed by atoms with E-state index in [0.717, 1.165) is 43.4 Å². The van der Waals surface area contributed by atoms with Crippen LogP contribution in [0.3, 0.4) is 0 Å². The highest BCUT2D eigenvalue weighted by atomic mass is 35.5. The number of carbonyl (C=O) groups excluding carboxylic acids is 1. The highest BCUT2D eigenvalue weighted by Gasteiger charge is 2.12. The van der Waals surface area contributed by atoms with Crippen LogP contribution in [0.2, 0.25) is 5.02 Å². The minimum absolute atomic E-state index is 0.0432. The van der Waals surface area contributed by atoms with Crippen LogP contribution < -0.4 is 22.1 Å². The van der Waals surface area contributed by atoms with E-state index in [2.05, 4.69) is 20.6 Å². The average Bonchev–Trinajstić information content (AvgIpc) is 2.73. The van der Waals surface area contributed by atoms with E-state index in [9.17, 15) is 4.79 Å². The van der Waals surface area contributed by atoms with Gasteiger partial charge in [0.2, 0.25) is 5.95 Å². The van der Waals surface area contributed by atoms with Crippen LogP contribution in [-0.2, 0) is 12.8 Å². The van der Waals surface area contributed by atoms with E-state index >= 15 is 0 Å². The third-order valence-corrected chi connectivity index (χ3v) is 5.40. The second-order valence-electron chi connectivity index (χ2n) is 7.16. The standard InChI is InChI=1S/C22H27ClN6O/c1-26-12-2-3-13-27-21(30)16-8-5-14(6-9-16)4-7-15-10-11-17-18(19(15)23)20(24)29-22(25)28-17/h5-6,8-11,26H,2-4,7,12-13H2,1H3,(H,27,30)(H4,24,25,28,29). The van der Waals surface area contributed by atoms with Crippen molar-refractivity contribution in [2.24, 2.45) is 0 Å². The largest absolute Gasteiger partial charge is 0.383 e. The number of rotatable bonds is 9. The number of nitrogens with zero attached hydrogens (tertiary/aromatic N) is 2. The summed E-state index contributed by atoms with van der Waals surface area (Å²) in [6.45, 7) is 1.64. The number of aromatic nitrogens is 2. The Labute approximate surface area is 181 Å². The Kier molecular flexibility index (Phi) is 7.43. The maximum Gasteiger partial charge on any atom is 0.251 e. The molecule has 3 aromatic rings.